The van der Waals surface area contributed by atoms with Crippen LogP contribution in [0.1, 0.15) is 17.5 Å². The molecule has 0 aliphatic carbocycles. The molecular weight excluding hydrogens is 286 g/mol. The third-order valence-electron chi connectivity index (χ3n) is 2.13. The number of aromatic nitrogens is 1. The average molecular weight is 296 g/mol. The van der Waals surface area contributed by atoms with Crippen molar-refractivity contribution in [1.82, 2.24) is 4.98 Å². The molecule has 0 aliphatic rings. The van der Waals surface area contributed by atoms with Crippen LogP contribution in [0.2, 0.25) is 0 Å². The lowest BCUT2D eigenvalue weighted by molar-refractivity contribution is 0.0491. The molecule has 0 saturated carbocycles. The zero-order valence-electron chi connectivity index (χ0n) is 9.14. The summed E-state index contributed by atoms with van der Waals surface area (Å²) in [5.41, 5.74) is 1.29. The molecule has 2 rings (SSSR count). The van der Waals surface area contributed by atoms with Gasteiger partial charge in [-0.15, -0.1) is 0 Å². The summed E-state index contributed by atoms with van der Waals surface area (Å²) in [6, 6.07) is 7.47. The Balaban J connectivity index is 2.40. The first-order valence-electron chi connectivity index (χ1n) is 5.09. The zero-order valence-corrected chi connectivity index (χ0v) is 10.7. The minimum Gasteiger partial charge on any atom is -0.460 e. The maximum absolute atomic E-state index is 11.6. The third kappa shape index (κ3) is 2.55. The van der Waals surface area contributed by atoms with Gasteiger partial charge in [-0.2, -0.15) is 0 Å². The molecule has 1 aromatic carbocycles. The maximum atomic E-state index is 11.6. The van der Waals surface area contributed by atoms with Gasteiger partial charge in [0.1, 0.15) is 5.69 Å². The molecule has 17 heavy (non-hydrogen) atoms. The third-order valence-corrected chi connectivity index (χ3v) is 2.62. The van der Waals surface area contributed by atoms with E-state index in [4.69, 9.17) is 9.15 Å². The number of esters is 1. The first-order valence-corrected chi connectivity index (χ1v) is 5.88. The number of hydrogen-bond acceptors (Lipinski definition) is 4. The van der Waals surface area contributed by atoms with Gasteiger partial charge in [-0.3, -0.25) is 0 Å². The highest BCUT2D eigenvalue weighted by Gasteiger charge is 2.19. The van der Waals surface area contributed by atoms with Crippen LogP contribution >= 0.6 is 15.9 Å². The number of hydrogen-bond donors (Lipinski definition) is 0. The number of nitrogens with zero attached hydrogens (tertiary/aromatic N) is 1. The lowest BCUT2D eigenvalue weighted by Gasteiger charge is -2.01. The Morgan fingerprint density at radius 2 is 2.35 bits per heavy atom. The molecule has 4 nitrogen and oxygen atoms in total. The van der Waals surface area contributed by atoms with E-state index in [1.807, 2.05) is 24.3 Å². The molecule has 0 radical (unpaired) electrons. The van der Waals surface area contributed by atoms with Crippen LogP contribution in [0.4, 0.5) is 0 Å². The number of carbonyl (C=O) groups excluding carboxylic acids is 1. The minimum atomic E-state index is -0.500. The Morgan fingerprint density at radius 1 is 1.53 bits per heavy atom. The van der Waals surface area contributed by atoms with E-state index < -0.39 is 5.97 Å². The van der Waals surface area contributed by atoms with Gasteiger partial charge in [0.25, 0.3) is 0 Å². The van der Waals surface area contributed by atoms with E-state index in [0.717, 1.165) is 10.0 Å². The summed E-state index contributed by atoms with van der Waals surface area (Å²) in [6.45, 7) is 2.05. The van der Waals surface area contributed by atoms with Crippen molar-refractivity contribution in [3.05, 3.63) is 40.9 Å². The topological polar surface area (TPSA) is 52.3 Å². The first-order chi connectivity index (χ1) is 8.22. The number of benzene rings is 1. The summed E-state index contributed by atoms with van der Waals surface area (Å²) in [5, 5.41) is 0. The monoisotopic (exact) mass is 295 g/mol. The maximum Gasteiger partial charge on any atom is 0.376 e. The summed E-state index contributed by atoms with van der Waals surface area (Å²) in [5.74, 6) is -0.370. The predicted octanol–water partition coefficient (Wildman–Crippen LogP) is 3.28. The number of ether oxygens (including phenoxy) is 1. The highest BCUT2D eigenvalue weighted by atomic mass is 79.9. The molecule has 0 saturated heterocycles. The minimum absolute atomic E-state index is 0.130. The lowest BCUT2D eigenvalue weighted by Crippen LogP contribution is -2.04. The second kappa shape index (κ2) is 5.14. The number of rotatable bonds is 3. The number of halogens is 1. The molecule has 0 amide bonds. The fourth-order valence-corrected chi connectivity index (χ4v) is 1.83. The molecule has 88 valence electrons. The Morgan fingerprint density at radius 3 is 3.06 bits per heavy atom. The highest BCUT2D eigenvalue weighted by Crippen LogP contribution is 2.25. The molecule has 0 unspecified atom stereocenters. The quantitative estimate of drug-likeness (QED) is 0.816. The van der Waals surface area contributed by atoms with E-state index in [-0.39, 0.29) is 5.76 Å². The van der Waals surface area contributed by atoms with Gasteiger partial charge in [-0.05, 0) is 19.1 Å². The van der Waals surface area contributed by atoms with Crippen molar-refractivity contribution in [2.24, 2.45) is 0 Å². The van der Waals surface area contributed by atoms with Gasteiger partial charge in [0.15, 0.2) is 6.39 Å². The van der Waals surface area contributed by atoms with Gasteiger partial charge in [-0.1, -0.05) is 28.1 Å². The highest BCUT2D eigenvalue weighted by molar-refractivity contribution is 9.10. The summed E-state index contributed by atoms with van der Waals surface area (Å²) in [7, 11) is 0. The summed E-state index contributed by atoms with van der Waals surface area (Å²) < 4.78 is 10.9. The summed E-state index contributed by atoms with van der Waals surface area (Å²) in [4.78, 5) is 15.7. The molecule has 0 atom stereocenters. The molecule has 0 bridgehead atoms. The van der Waals surface area contributed by atoms with Crippen LogP contribution in [-0.4, -0.2) is 17.6 Å². The zero-order chi connectivity index (χ0) is 12.3. The van der Waals surface area contributed by atoms with E-state index in [2.05, 4.69) is 20.9 Å². The lowest BCUT2D eigenvalue weighted by atomic mass is 10.1. The van der Waals surface area contributed by atoms with E-state index in [1.54, 1.807) is 6.92 Å². The summed E-state index contributed by atoms with van der Waals surface area (Å²) in [6.07, 6.45) is 1.24. The Labute approximate surface area is 107 Å². The van der Waals surface area contributed by atoms with Crippen LogP contribution in [0, 0.1) is 0 Å². The fraction of sp³-hybridized carbons (Fsp3) is 0.167. The van der Waals surface area contributed by atoms with Crippen molar-refractivity contribution in [2.45, 2.75) is 6.92 Å². The van der Waals surface area contributed by atoms with Crippen LogP contribution in [0.5, 0.6) is 0 Å². The van der Waals surface area contributed by atoms with Crippen LogP contribution in [0.3, 0.4) is 0 Å². The second-order valence-corrected chi connectivity index (χ2v) is 4.18. The number of oxazole rings is 1. The van der Waals surface area contributed by atoms with Gasteiger partial charge in [-0.25, -0.2) is 9.78 Å². The molecule has 0 fully saturated rings. The van der Waals surface area contributed by atoms with Crippen LogP contribution < -0.4 is 0 Å². The van der Waals surface area contributed by atoms with Crippen LogP contribution in [0.25, 0.3) is 11.3 Å². The largest absolute Gasteiger partial charge is 0.460 e. The standard InChI is InChI=1S/C12H10BrNO3/c1-2-16-12(15)11-10(14-7-17-11)8-4-3-5-9(13)6-8/h3-7H,2H2,1H3. The Hall–Kier alpha value is -1.62. The molecule has 1 heterocycles. The summed E-state index contributed by atoms with van der Waals surface area (Å²) >= 11 is 3.37. The Bertz CT molecular complexity index is 536. The van der Waals surface area contributed by atoms with Crippen LogP contribution in [0.15, 0.2) is 39.5 Å². The molecule has 0 spiro atoms. The SMILES string of the molecule is CCOC(=O)c1ocnc1-c1cccc(Br)c1. The van der Waals surface area contributed by atoms with Gasteiger partial charge in [0, 0.05) is 10.0 Å². The van der Waals surface area contributed by atoms with Crippen molar-refractivity contribution >= 4 is 21.9 Å². The van der Waals surface area contributed by atoms with E-state index in [1.165, 1.54) is 6.39 Å². The van der Waals surface area contributed by atoms with E-state index >= 15 is 0 Å². The molecule has 2 aromatic rings. The molecule has 0 N–H and O–H groups in total. The van der Waals surface area contributed by atoms with Gasteiger partial charge in [0.05, 0.1) is 6.61 Å². The smallest absolute Gasteiger partial charge is 0.376 e. The average Bonchev–Trinajstić information content (AvgIpc) is 2.78. The Kier molecular flexibility index (Phi) is 3.58. The fourth-order valence-electron chi connectivity index (χ4n) is 1.43. The van der Waals surface area contributed by atoms with Gasteiger partial charge >= 0.3 is 5.97 Å². The normalized spacial score (nSPS) is 10.2. The number of carbonyl (C=O) groups is 1. The second-order valence-electron chi connectivity index (χ2n) is 3.26. The van der Waals surface area contributed by atoms with Crippen molar-refractivity contribution in [2.75, 3.05) is 6.61 Å². The van der Waals surface area contributed by atoms with Gasteiger partial charge in [0.2, 0.25) is 5.76 Å². The predicted molar refractivity (Wildman–Crippen MR) is 65.6 cm³/mol. The van der Waals surface area contributed by atoms with Crippen molar-refractivity contribution in [3.63, 3.8) is 0 Å². The molecule has 0 aliphatic heterocycles. The van der Waals surface area contributed by atoms with E-state index in [9.17, 15) is 4.79 Å². The molecule has 1 aromatic heterocycles. The van der Waals surface area contributed by atoms with Crippen LogP contribution in [-0.2, 0) is 4.74 Å². The molecular formula is C12H10BrNO3. The molecule has 5 heteroatoms. The van der Waals surface area contributed by atoms with Crippen molar-refractivity contribution in [3.8, 4) is 11.3 Å². The van der Waals surface area contributed by atoms with Crippen molar-refractivity contribution < 1.29 is 13.9 Å². The first kappa shape index (κ1) is 11.9. The van der Waals surface area contributed by atoms with Crippen molar-refractivity contribution in [1.29, 1.82) is 0 Å². The van der Waals surface area contributed by atoms with Gasteiger partial charge < -0.3 is 9.15 Å². The van der Waals surface area contributed by atoms with E-state index in [0.29, 0.717) is 12.3 Å².